The Bertz CT molecular complexity index is 848. The summed E-state index contributed by atoms with van der Waals surface area (Å²) in [6.45, 7) is 5.97. The first-order valence-electron chi connectivity index (χ1n) is 9.54. The molecule has 150 valence electrons. The number of amides is 2. The van der Waals surface area contributed by atoms with E-state index in [1.165, 1.54) is 0 Å². The average Bonchev–Trinajstić information content (AvgIpc) is 3.02. The van der Waals surface area contributed by atoms with Gasteiger partial charge in [-0.05, 0) is 50.8 Å². The molecule has 0 radical (unpaired) electrons. The molecule has 0 saturated carbocycles. The topological polar surface area (TPSA) is 89.4 Å². The van der Waals surface area contributed by atoms with Crippen molar-refractivity contribution in [3.05, 3.63) is 41.5 Å². The fraction of sp³-hybridized carbons (Fsp3) is 0.500. The number of nitrogens with zero attached hydrogens (tertiary/aromatic N) is 4. The number of hydrogen-bond donors (Lipinski definition) is 1. The summed E-state index contributed by atoms with van der Waals surface area (Å²) in [6.07, 6.45) is 2.01. The number of aromatic nitrogens is 3. The highest BCUT2D eigenvalue weighted by Crippen LogP contribution is 2.19. The summed E-state index contributed by atoms with van der Waals surface area (Å²) in [5.41, 5.74) is 0.473. The van der Waals surface area contributed by atoms with Crippen LogP contribution in [0.15, 0.2) is 24.3 Å². The second-order valence-electron chi connectivity index (χ2n) is 7.15. The summed E-state index contributed by atoms with van der Waals surface area (Å²) in [7, 11) is 1.55. The van der Waals surface area contributed by atoms with Gasteiger partial charge in [0.2, 0.25) is 5.91 Å². The van der Waals surface area contributed by atoms with Crippen molar-refractivity contribution in [2.45, 2.75) is 33.2 Å². The van der Waals surface area contributed by atoms with Crippen LogP contribution >= 0.6 is 0 Å². The molecule has 1 aromatic carbocycles. The summed E-state index contributed by atoms with van der Waals surface area (Å²) in [6, 6.07) is 6.87. The largest absolute Gasteiger partial charge is 0.497 e. The van der Waals surface area contributed by atoms with Gasteiger partial charge >= 0.3 is 0 Å². The SMILES string of the molecule is COc1cccc(C(=O)NCC(=O)N2CCCC(Cn3nc(C)nc3C)C2)c1. The van der Waals surface area contributed by atoms with Crippen molar-refractivity contribution in [1.82, 2.24) is 25.0 Å². The first kappa shape index (κ1) is 19.9. The summed E-state index contributed by atoms with van der Waals surface area (Å²) >= 11 is 0. The normalized spacial score (nSPS) is 16.7. The van der Waals surface area contributed by atoms with Crippen LogP contribution in [0.3, 0.4) is 0 Å². The molecule has 1 saturated heterocycles. The fourth-order valence-electron chi connectivity index (χ4n) is 3.55. The van der Waals surface area contributed by atoms with E-state index in [0.29, 0.717) is 23.8 Å². The first-order chi connectivity index (χ1) is 13.5. The standard InChI is InChI=1S/C20H27N5O3/c1-14-22-15(2)25(23-14)13-16-6-5-9-24(12-16)19(26)11-21-20(27)17-7-4-8-18(10-17)28-3/h4,7-8,10,16H,5-6,9,11-13H2,1-3H3,(H,21,27). The lowest BCUT2D eigenvalue weighted by atomic mass is 9.98. The lowest BCUT2D eigenvalue weighted by molar-refractivity contribution is -0.132. The van der Waals surface area contributed by atoms with Crippen molar-refractivity contribution in [3.8, 4) is 5.75 Å². The number of ether oxygens (including phenoxy) is 1. The van der Waals surface area contributed by atoms with E-state index in [4.69, 9.17) is 4.74 Å². The molecule has 1 atom stereocenters. The van der Waals surface area contributed by atoms with Crippen molar-refractivity contribution in [2.75, 3.05) is 26.7 Å². The Morgan fingerprint density at radius 1 is 1.32 bits per heavy atom. The zero-order valence-corrected chi connectivity index (χ0v) is 16.6. The van der Waals surface area contributed by atoms with Gasteiger partial charge in [0.25, 0.3) is 5.91 Å². The van der Waals surface area contributed by atoms with Gasteiger partial charge in [-0.25, -0.2) is 9.67 Å². The van der Waals surface area contributed by atoms with Gasteiger partial charge in [-0.3, -0.25) is 9.59 Å². The Balaban J connectivity index is 1.52. The minimum absolute atomic E-state index is 0.00970. The number of aryl methyl sites for hydroxylation is 2. The van der Waals surface area contributed by atoms with Gasteiger partial charge in [-0.2, -0.15) is 5.10 Å². The van der Waals surface area contributed by atoms with Crippen LogP contribution in [0.1, 0.15) is 34.8 Å². The summed E-state index contributed by atoms with van der Waals surface area (Å²) in [5.74, 6) is 2.26. The molecule has 1 fully saturated rings. The number of piperidine rings is 1. The third-order valence-corrected chi connectivity index (χ3v) is 5.00. The van der Waals surface area contributed by atoms with Crippen LogP contribution in [0, 0.1) is 19.8 Å². The van der Waals surface area contributed by atoms with E-state index in [2.05, 4.69) is 15.4 Å². The third-order valence-electron chi connectivity index (χ3n) is 5.00. The molecule has 3 rings (SSSR count). The molecule has 0 aliphatic carbocycles. The van der Waals surface area contributed by atoms with Crippen molar-refractivity contribution >= 4 is 11.8 Å². The molecule has 1 N–H and O–H groups in total. The Morgan fingerprint density at radius 2 is 2.14 bits per heavy atom. The Labute approximate surface area is 164 Å². The molecule has 28 heavy (non-hydrogen) atoms. The van der Waals surface area contributed by atoms with Crippen LogP contribution in [-0.2, 0) is 11.3 Å². The van der Waals surface area contributed by atoms with Crippen LogP contribution in [0.25, 0.3) is 0 Å². The van der Waals surface area contributed by atoms with E-state index in [1.54, 1.807) is 31.4 Å². The molecule has 0 spiro atoms. The maximum absolute atomic E-state index is 12.6. The molecule has 1 aromatic heterocycles. The zero-order valence-electron chi connectivity index (χ0n) is 16.6. The van der Waals surface area contributed by atoms with Gasteiger partial charge in [-0.15, -0.1) is 0 Å². The molecular weight excluding hydrogens is 358 g/mol. The van der Waals surface area contributed by atoms with E-state index in [0.717, 1.165) is 37.6 Å². The lowest BCUT2D eigenvalue weighted by Crippen LogP contribution is -2.45. The molecule has 0 bridgehead atoms. The third kappa shape index (κ3) is 4.88. The number of rotatable bonds is 6. The van der Waals surface area contributed by atoms with Crippen molar-refractivity contribution < 1.29 is 14.3 Å². The quantitative estimate of drug-likeness (QED) is 0.815. The van der Waals surface area contributed by atoms with E-state index in [1.807, 2.05) is 23.4 Å². The number of carbonyl (C=O) groups excluding carboxylic acids is 2. The minimum Gasteiger partial charge on any atom is -0.497 e. The van der Waals surface area contributed by atoms with Crippen molar-refractivity contribution in [2.24, 2.45) is 5.92 Å². The smallest absolute Gasteiger partial charge is 0.251 e. The van der Waals surface area contributed by atoms with E-state index >= 15 is 0 Å². The molecule has 1 aliphatic heterocycles. The van der Waals surface area contributed by atoms with Gasteiger partial charge in [0.1, 0.15) is 17.4 Å². The summed E-state index contributed by atoms with van der Waals surface area (Å²) in [5, 5.41) is 7.13. The first-order valence-corrected chi connectivity index (χ1v) is 9.54. The molecular formula is C20H27N5O3. The molecule has 1 unspecified atom stereocenters. The van der Waals surface area contributed by atoms with Gasteiger partial charge in [0.15, 0.2) is 0 Å². The molecule has 2 amide bonds. The second kappa shape index (κ2) is 8.86. The van der Waals surface area contributed by atoms with Gasteiger partial charge in [0.05, 0.1) is 13.7 Å². The van der Waals surface area contributed by atoms with Gasteiger partial charge in [0, 0.05) is 25.2 Å². The molecule has 8 heteroatoms. The summed E-state index contributed by atoms with van der Waals surface area (Å²) in [4.78, 5) is 31.0. The van der Waals surface area contributed by atoms with Crippen LogP contribution in [0.2, 0.25) is 0 Å². The average molecular weight is 385 g/mol. The number of nitrogens with one attached hydrogen (secondary N) is 1. The predicted octanol–water partition coefficient (Wildman–Crippen LogP) is 1.57. The van der Waals surface area contributed by atoms with Crippen LogP contribution in [0.4, 0.5) is 0 Å². The molecule has 8 nitrogen and oxygen atoms in total. The Morgan fingerprint density at radius 3 is 2.86 bits per heavy atom. The van der Waals surface area contributed by atoms with Crippen molar-refractivity contribution in [1.29, 1.82) is 0 Å². The predicted molar refractivity (Wildman–Crippen MR) is 104 cm³/mol. The van der Waals surface area contributed by atoms with Gasteiger partial charge in [-0.1, -0.05) is 6.07 Å². The van der Waals surface area contributed by atoms with Crippen LogP contribution in [0.5, 0.6) is 5.75 Å². The van der Waals surface area contributed by atoms with E-state index < -0.39 is 0 Å². The van der Waals surface area contributed by atoms with E-state index in [9.17, 15) is 9.59 Å². The van der Waals surface area contributed by atoms with Gasteiger partial charge < -0.3 is 15.0 Å². The fourth-order valence-corrected chi connectivity index (χ4v) is 3.55. The number of carbonyl (C=O) groups is 2. The monoisotopic (exact) mass is 385 g/mol. The Kier molecular flexibility index (Phi) is 6.28. The van der Waals surface area contributed by atoms with Crippen LogP contribution < -0.4 is 10.1 Å². The highest BCUT2D eigenvalue weighted by Gasteiger charge is 2.25. The number of hydrogen-bond acceptors (Lipinski definition) is 5. The highest BCUT2D eigenvalue weighted by atomic mass is 16.5. The van der Waals surface area contributed by atoms with E-state index in [-0.39, 0.29) is 18.4 Å². The maximum atomic E-state index is 12.6. The number of benzene rings is 1. The molecule has 2 aromatic rings. The Hall–Kier alpha value is -2.90. The number of likely N-dealkylation sites (tertiary alicyclic amines) is 1. The maximum Gasteiger partial charge on any atom is 0.251 e. The van der Waals surface area contributed by atoms with Crippen LogP contribution in [-0.4, -0.2) is 58.2 Å². The number of methoxy groups -OCH3 is 1. The highest BCUT2D eigenvalue weighted by molar-refractivity contribution is 5.96. The zero-order chi connectivity index (χ0) is 20.1. The summed E-state index contributed by atoms with van der Waals surface area (Å²) < 4.78 is 7.04. The molecule has 2 heterocycles. The lowest BCUT2D eigenvalue weighted by Gasteiger charge is -2.33. The molecule has 1 aliphatic rings. The van der Waals surface area contributed by atoms with Crippen molar-refractivity contribution in [3.63, 3.8) is 0 Å². The second-order valence-corrected chi connectivity index (χ2v) is 7.15. The minimum atomic E-state index is -0.283.